The second-order valence-corrected chi connectivity index (χ2v) is 5.57. The third-order valence-corrected chi connectivity index (χ3v) is 3.81. The van der Waals surface area contributed by atoms with E-state index >= 15 is 0 Å². The predicted molar refractivity (Wildman–Crippen MR) is 88.2 cm³/mol. The molecule has 0 spiro atoms. The van der Waals surface area contributed by atoms with E-state index in [1.54, 1.807) is 11.6 Å². The van der Waals surface area contributed by atoms with Gasteiger partial charge in [-0.2, -0.15) is 5.10 Å². The molecule has 0 radical (unpaired) electrons. The Hall–Kier alpha value is -2.41. The summed E-state index contributed by atoms with van der Waals surface area (Å²) in [6.45, 7) is 4.29. The summed E-state index contributed by atoms with van der Waals surface area (Å²) in [4.78, 5) is 24.1. The third kappa shape index (κ3) is 3.91. The maximum Gasteiger partial charge on any atom is 0.274 e. The lowest BCUT2D eigenvalue weighted by Gasteiger charge is -2.08. The first-order chi connectivity index (χ1) is 11.5. The number of aryl methyl sites for hydroxylation is 2. The van der Waals surface area contributed by atoms with Crippen LogP contribution in [0.15, 0.2) is 24.3 Å². The molecule has 1 aromatic carbocycles. The number of hydrazine groups is 1. The second-order valence-electron chi connectivity index (χ2n) is 5.22. The molecule has 0 fully saturated rings. The van der Waals surface area contributed by atoms with E-state index in [1.165, 1.54) is 18.2 Å². The maximum absolute atomic E-state index is 13.5. The Labute approximate surface area is 144 Å². The summed E-state index contributed by atoms with van der Waals surface area (Å²) in [7, 11) is 0. The van der Waals surface area contributed by atoms with Crippen LogP contribution >= 0.6 is 11.6 Å². The molecule has 0 saturated carbocycles. The Morgan fingerprint density at radius 2 is 1.92 bits per heavy atom. The van der Waals surface area contributed by atoms with Gasteiger partial charge in [0.15, 0.2) is 0 Å². The number of carbonyl (C=O) groups excluding carboxylic acids is 2. The largest absolute Gasteiger partial charge is 0.274 e. The topological polar surface area (TPSA) is 76.0 Å². The summed E-state index contributed by atoms with van der Waals surface area (Å²) in [5.74, 6) is -2.04. The van der Waals surface area contributed by atoms with Crippen LogP contribution in [0.4, 0.5) is 4.39 Å². The van der Waals surface area contributed by atoms with Gasteiger partial charge in [0.05, 0.1) is 11.3 Å². The summed E-state index contributed by atoms with van der Waals surface area (Å²) in [5, 5.41) is 4.43. The van der Waals surface area contributed by atoms with Gasteiger partial charge in [-0.05, 0) is 25.5 Å². The quantitative estimate of drug-likeness (QED) is 0.812. The number of unbranched alkanes of at least 4 members (excludes halogenated alkanes) is 1. The summed E-state index contributed by atoms with van der Waals surface area (Å²) >= 11 is 6.18. The Morgan fingerprint density at radius 3 is 2.58 bits per heavy atom. The van der Waals surface area contributed by atoms with Crippen LogP contribution in [-0.2, 0) is 6.54 Å². The van der Waals surface area contributed by atoms with E-state index in [2.05, 4.69) is 16.0 Å². The smallest absolute Gasteiger partial charge is 0.267 e. The molecule has 2 N–H and O–H groups in total. The summed E-state index contributed by atoms with van der Waals surface area (Å²) in [6.07, 6.45) is 1.85. The van der Waals surface area contributed by atoms with Gasteiger partial charge in [0.1, 0.15) is 16.5 Å². The van der Waals surface area contributed by atoms with Gasteiger partial charge in [-0.1, -0.05) is 37.1 Å². The minimum atomic E-state index is -0.756. The molecule has 0 bridgehead atoms. The molecule has 2 rings (SSSR count). The Bertz CT molecular complexity index is 761. The zero-order valence-corrected chi connectivity index (χ0v) is 14.2. The van der Waals surface area contributed by atoms with Crippen molar-refractivity contribution in [2.45, 2.75) is 33.2 Å². The molecule has 2 aromatic rings. The average Bonchev–Trinajstić information content (AvgIpc) is 2.84. The van der Waals surface area contributed by atoms with Crippen molar-refractivity contribution in [1.29, 1.82) is 0 Å². The summed E-state index contributed by atoms with van der Waals surface area (Å²) in [6, 6.07) is 5.48. The molecule has 0 saturated heterocycles. The first-order valence-electron chi connectivity index (χ1n) is 7.53. The normalized spacial score (nSPS) is 10.5. The van der Waals surface area contributed by atoms with E-state index in [0.29, 0.717) is 12.2 Å². The van der Waals surface area contributed by atoms with Crippen molar-refractivity contribution in [3.8, 4) is 0 Å². The van der Waals surface area contributed by atoms with Crippen LogP contribution in [0.5, 0.6) is 0 Å². The Balaban J connectivity index is 2.06. The number of rotatable bonds is 5. The van der Waals surface area contributed by atoms with Crippen LogP contribution < -0.4 is 10.9 Å². The predicted octanol–water partition coefficient (Wildman–Crippen LogP) is 2.86. The van der Waals surface area contributed by atoms with Crippen molar-refractivity contribution >= 4 is 23.4 Å². The molecule has 2 amide bonds. The van der Waals surface area contributed by atoms with Gasteiger partial charge < -0.3 is 0 Å². The number of nitrogens with zero attached hydrogens (tertiary/aromatic N) is 2. The standard InChI is InChI=1S/C16H18ClFN4O2/c1-3-4-9-22-14(17)13(10(2)21-22)16(24)20-19-15(23)11-7-5-6-8-12(11)18/h5-8H,3-4,9H2,1-2H3,(H,19,23)(H,20,24). The van der Waals surface area contributed by atoms with Crippen LogP contribution in [0.25, 0.3) is 0 Å². The molecule has 0 atom stereocenters. The molecule has 0 aliphatic heterocycles. The van der Waals surface area contributed by atoms with Crippen LogP contribution in [-0.4, -0.2) is 21.6 Å². The summed E-state index contributed by atoms with van der Waals surface area (Å²) in [5.41, 5.74) is 4.87. The maximum atomic E-state index is 13.5. The third-order valence-electron chi connectivity index (χ3n) is 3.42. The number of benzene rings is 1. The van der Waals surface area contributed by atoms with Crippen molar-refractivity contribution < 1.29 is 14.0 Å². The molecule has 6 nitrogen and oxygen atoms in total. The van der Waals surface area contributed by atoms with Gasteiger partial charge in [-0.15, -0.1) is 0 Å². The number of aromatic nitrogens is 2. The molecular formula is C16H18ClFN4O2. The molecule has 1 heterocycles. The van der Waals surface area contributed by atoms with Crippen molar-refractivity contribution in [2.75, 3.05) is 0 Å². The Morgan fingerprint density at radius 1 is 1.25 bits per heavy atom. The van der Waals surface area contributed by atoms with Crippen molar-refractivity contribution in [2.24, 2.45) is 0 Å². The van der Waals surface area contributed by atoms with Gasteiger partial charge >= 0.3 is 0 Å². The van der Waals surface area contributed by atoms with Crippen molar-refractivity contribution in [1.82, 2.24) is 20.6 Å². The van der Waals surface area contributed by atoms with Gasteiger partial charge in [0.2, 0.25) is 0 Å². The van der Waals surface area contributed by atoms with Gasteiger partial charge in [-0.25, -0.2) is 4.39 Å². The number of amides is 2. The van der Waals surface area contributed by atoms with Crippen LogP contribution in [0.3, 0.4) is 0 Å². The fraction of sp³-hybridized carbons (Fsp3) is 0.312. The van der Waals surface area contributed by atoms with E-state index in [4.69, 9.17) is 11.6 Å². The van der Waals surface area contributed by atoms with Gasteiger partial charge in [-0.3, -0.25) is 25.1 Å². The highest BCUT2D eigenvalue weighted by atomic mass is 35.5. The molecule has 8 heteroatoms. The Kier molecular flexibility index (Phi) is 5.92. The van der Waals surface area contributed by atoms with Crippen LogP contribution in [0.2, 0.25) is 5.15 Å². The fourth-order valence-electron chi connectivity index (χ4n) is 2.16. The molecular weight excluding hydrogens is 335 g/mol. The van der Waals surface area contributed by atoms with Crippen molar-refractivity contribution in [3.63, 3.8) is 0 Å². The molecule has 0 unspecified atom stereocenters. The number of hydrogen-bond donors (Lipinski definition) is 2. The highest BCUT2D eigenvalue weighted by Gasteiger charge is 2.21. The minimum Gasteiger partial charge on any atom is -0.267 e. The zero-order valence-electron chi connectivity index (χ0n) is 13.4. The lowest BCUT2D eigenvalue weighted by atomic mass is 10.2. The SMILES string of the molecule is CCCCn1nc(C)c(C(=O)NNC(=O)c2ccccc2F)c1Cl. The van der Waals surface area contributed by atoms with Crippen molar-refractivity contribution in [3.05, 3.63) is 52.1 Å². The number of nitrogens with one attached hydrogen (secondary N) is 2. The highest BCUT2D eigenvalue weighted by Crippen LogP contribution is 2.20. The molecule has 128 valence electrons. The molecule has 24 heavy (non-hydrogen) atoms. The first-order valence-corrected chi connectivity index (χ1v) is 7.91. The molecule has 0 aliphatic rings. The van der Waals surface area contributed by atoms with E-state index in [9.17, 15) is 14.0 Å². The monoisotopic (exact) mass is 352 g/mol. The number of carbonyl (C=O) groups is 2. The van der Waals surface area contributed by atoms with Gasteiger partial charge in [0, 0.05) is 6.54 Å². The lowest BCUT2D eigenvalue weighted by Crippen LogP contribution is -2.42. The van der Waals surface area contributed by atoms with E-state index < -0.39 is 17.6 Å². The lowest BCUT2D eigenvalue weighted by molar-refractivity contribution is 0.0844. The van der Waals surface area contributed by atoms with E-state index in [1.807, 2.05) is 6.92 Å². The first kappa shape index (κ1) is 17.9. The molecule has 1 aromatic heterocycles. The van der Waals surface area contributed by atoms with E-state index in [-0.39, 0.29) is 16.3 Å². The second kappa shape index (κ2) is 7.92. The van der Waals surface area contributed by atoms with Crippen LogP contribution in [0.1, 0.15) is 46.2 Å². The number of hydrogen-bond acceptors (Lipinski definition) is 3. The van der Waals surface area contributed by atoms with Gasteiger partial charge in [0.25, 0.3) is 11.8 Å². The van der Waals surface area contributed by atoms with Crippen LogP contribution in [0, 0.1) is 12.7 Å². The minimum absolute atomic E-state index is 0.167. The highest BCUT2D eigenvalue weighted by molar-refractivity contribution is 6.33. The zero-order chi connectivity index (χ0) is 17.7. The van der Waals surface area contributed by atoms with E-state index in [0.717, 1.165) is 18.9 Å². The summed E-state index contributed by atoms with van der Waals surface area (Å²) < 4.78 is 15.1. The average molecular weight is 353 g/mol. The fourth-order valence-corrected chi connectivity index (χ4v) is 2.50. The number of halogens is 2. The molecule has 0 aliphatic carbocycles.